The molecule has 0 aliphatic rings. The number of carbonyl (C=O) groups is 2. The van der Waals surface area contributed by atoms with Gasteiger partial charge in [0.15, 0.2) is 6.10 Å². The lowest BCUT2D eigenvalue weighted by molar-refractivity contribution is -0.870. The van der Waals surface area contributed by atoms with Crippen molar-refractivity contribution in [1.82, 2.24) is 0 Å². The highest BCUT2D eigenvalue weighted by Crippen LogP contribution is 2.38. The van der Waals surface area contributed by atoms with Crippen LogP contribution in [-0.4, -0.2) is 70.0 Å². The van der Waals surface area contributed by atoms with Gasteiger partial charge in [-0.15, -0.1) is 0 Å². The van der Waals surface area contributed by atoms with Gasteiger partial charge in [-0.05, 0) is 57.8 Å². The number of nitrogens with zero attached hydrogens (tertiary/aromatic N) is 1. The number of likely N-dealkylation sites (N-methyl/N-ethyl adjacent to an activating group) is 1. The van der Waals surface area contributed by atoms with E-state index in [1.807, 2.05) is 21.1 Å². The average Bonchev–Trinajstić information content (AvgIpc) is 3.02. The number of quaternary nitrogens is 1. The number of phosphoric ester groups is 1. The lowest BCUT2D eigenvalue weighted by Gasteiger charge is -2.28. The third-order valence-electron chi connectivity index (χ3n) is 7.94. The summed E-state index contributed by atoms with van der Waals surface area (Å²) in [5, 5.41) is 0. The van der Waals surface area contributed by atoms with Gasteiger partial charge in [0.25, 0.3) is 7.82 Å². The van der Waals surface area contributed by atoms with Gasteiger partial charge in [0.2, 0.25) is 0 Å². The molecule has 282 valence electrons. The quantitative estimate of drug-likeness (QED) is 0.0215. The minimum atomic E-state index is -4.62. The zero-order valence-corrected chi connectivity index (χ0v) is 32.3. The largest absolute Gasteiger partial charge is 0.756 e. The van der Waals surface area contributed by atoms with Gasteiger partial charge in [-0.3, -0.25) is 14.2 Å². The van der Waals surface area contributed by atoms with E-state index in [4.69, 9.17) is 18.5 Å². The Morgan fingerprint density at radius 3 is 1.60 bits per heavy atom. The Bertz CT molecular complexity index is 886. The van der Waals surface area contributed by atoms with Gasteiger partial charge in [0.1, 0.15) is 19.8 Å². The van der Waals surface area contributed by atoms with Crippen molar-refractivity contribution in [3.8, 4) is 0 Å². The molecule has 0 aliphatic carbocycles. The molecule has 1 unspecified atom stereocenters. The van der Waals surface area contributed by atoms with Crippen LogP contribution in [0.4, 0.5) is 0 Å². The molecule has 0 heterocycles. The third-order valence-corrected chi connectivity index (χ3v) is 8.91. The maximum Gasteiger partial charge on any atom is 0.306 e. The van der Waals surface area contributed by atoms with E-state index in [-0.39, 0.29) is 26.1 Å². The van der Waals surface area contributed by atoms with E-state index >= 15 is 0 Å². The summed E-state index contributed by atoms with van der Waals surface area (Å²) in [5.74, 6) is -0.858. The van der Waals surface area contributed by atoms with E-state index in [0.29, 0.717) is 17.4 Å². The van der Waals surface area contributed by atoms with E-state index in [0.717, 1.165) is 77.0 Å². The Hall–Kier alpha value is -1.51. The molecule has 0 aromatic heterocycles. The van der Waals surface area contributed by atoms with Crippen LogP contribution >= 0.6 is 7.82 Å². The molecule has 0 amide bonds. The van der Waals surface area contributed by atoms with Crippen molar-refractivity contribution in [2.45, 2.75) is 161 Å². The normalized spacial score (nSPS) is 14.0. The molecule has 10 heteroatoms. The van der Waals surface area contributed by atoms with Crippen LogP contribution in [0.1, 0.15) is 155 Å². The summed E-state index contributed by atoms with van der Waals surface area (Å²) in [7, 11) is 1.15. The van der Waals surface area contributed by atoms with Crippen molar-refractivity contribution >= 4 is 19.8 Å². The molecule has 0 aromatic carbocycles. The lowest BCUT2D eigenvalue weighted by Crippen LogP contribution is -2.37. The van der Waals surface area contributed by atoms with Crippen molar-refractivity contribution in [1.29, 1.82) is 0 Å². The topological polar surface area (TPSA) is 111 Å². The summed E-state index contributed by atoms with van der Waals surface area (Å²) in [4.78, 5) is 37.3. The molecule has 0 saturated heterocycles. The molecule has 0 fully saturated rings. The number of phosphoric acid groups is 1. The Morgan fingerprint density at radius 1 is 0.625 bits per heavy atom. The summed E-state index contributed by atoms with van der Waals surface area (Å²) in [5.41, 5.74) is 0. The van der Waals surface area contributed by atoms with Gasteiger partial charge in [0.05, 0.1) is 27.7 Å². The lowest BCUT2D eigenvalue weighted by atomic mass is 10.1. The van der Waals surface area contributed by atoms with Crippen LogP contribution < -0.4 is 4.89 Å². The van der Waals surface area contributed by atoms with Gasteiger partial charge < -0.3 is 27.9 Å². The van der Waals surface area contributed by atoms with E-state index < -0.39 is 32.5 Å². The van der Waals surface area contributed by atoms with Crippen LogP contribution in [0.3, 0.4) is 0 Å². The van der Waals surface area contributed by atoms with Crippen LogP contribution in [0.2, 0.25) is 0 Å². The van der Waals surface area contributed by atoms with Gasteiger partial charge in [-0.25, -0.2) is 0 Å². The number of hydrogen-bond acceptors (Lipinski definition) is 8. The van der Waals surface area contributed by atoms with Crippen LogP contribution in [0.25, 0.3) is 0 Å². The zero-order valence-electron chi connectivity index (χ0n) is 31.4. The monoisotopic (exact) mass is 701 g/mol. The molecule has 2 atom stereocenters. The van der Waals surface area contributed by atoms with Gasteiger partial charge in [0, 0.05) is 12.8 Å². The number of allylic oxidation sites excluding steroid dienone is 4. The second-order valence-electron chi connectivity index (χ2n) is 13.9. The van der Waals surface area contributed by atoms with Crippen molar-refractivity contribution in [3.05, 3.63) is 24.3 Å². The number of unbranched alkanes of at least 4 members (excludes halogenated alkanes) is 16. The number of ether oxygens (including phenoxy) is 2. The number of carbonyl (C=O) groups excluding carboxylic acids is 2. The van der Waals surface area contributed by atoms with Crippen molar-refractivity contribution in [2.75, 3.05) is 47.5 Å². The second-order valence-corrected chi connectivity index (χ2v) is 15.3. The summed E-state index contributed by atoms with van der Waals surface area (Å²) in [6.45, 7) is 4.13. The van der Waals surface area contributed by atoms with E-state index in [1.165, 1.54) is 44.9 Å². The molecule has 0 radical (unpaired) electrons. The number of rotatable bonds is 34. The zero-order chi connectivity index (χ0) is 35.8. The molecule has 0 aromatic rings. The first-order chi connectivity index (χ1) is 23.0. The van der Waals surface area contributed by atoms with Crippen molar-refractivity contribution in [2.24, 2.45) is 0 Å². The summed E-state index contributed by atoms with van der Waals surface area (Å²) >= 11 is 0. The maximum absolute atomic E-state index is 12.6. The second kappa shape index (κ2) is 31.5. The minimum Gasteiger partial charge on any atom is -0.756 e. The van der Waals surface area contributed by atoms with Crippen LogP contribution in [-0.2, 0) is 32.7 Å². The Kier molecular flexibility index (Phi) is 30.5. The highest BCUT2D eigenvalue weighted by molar-refractivity contribution is 7.45. The van der Waals surface area contributed by atoms with Crippen molar-refractivity contribution < 1.29 is 42.1 Å². The SMILES string of the molecule is CCCC/C=C\CCCCCCCC(=O)O[C@H](COC(=O)CCCCCCC/C=C\CCCCCC)COP(=O)([O-])OCC[N+](C)(C)C. The molecular weight excluding hydrogens is 629 g/mol. The van der Waals surface area contributed by atoms with Crippen LogP contribution in [0.15, 0.2) is 24.3 Å². The highest BCUT2D eigenvalue weighted by Gasteiger charge is 2.21. The van der Waals surface area contributed by atoms with E-state index in [9.17, 15) is 19.0 Å². The number of esters is 2. The van der Waals surface area contributed by atoms with Gasteiger partial charge in [-0.1, -0.05) is 109 Å². The van der Waals surface area contributed by atoms with Crippen LogP contribution in [0, 0.1) is 0 Å². The molecule has 0 N–H and O–H groups in total. The molecule has 0 aliphatic heterocycles. The summed E-state index contributed by atoms with van der Waals surface area (Å²) in [6.07, 6.45) is 30.6. The first kappa shape index (κ1) is 46.5. The smallest absolute Gasteiger partial charge is 0.306 e. The molecule has 0 rings (SSSR count). The molecule has 0 saturated carbocycles. The highest BCUT2D eigenvalue weighted by atomic mass is 31.2. The molecule has 0 bridgehead atoms. The number of hydrogen-bond donors (Lipinski definition) is 0. The molecule has 48 heavy (non-hydrogen) atoms. The fourth-order valence-electron chi connectivity index (χ4n) is 4.86. The molecule has 0 spiro atoms. The fourth-order valence-corrected chi connectivity index (χ4v) is 5.59. The van der Waals surface area contributed by atoms with E-state index in [1.54, 1.807) is 0 Å². The van der Waals surface area contributed by atoms with Gasteiger partial charge >= 0.3 is 11.9 Å². The maximum atomic E-state index is 12.6. The third kappa shape index (κ3) is 34.4. The summed E-state index contributed by atoms with van der Waals surface area (Å²) in [6, 6.07) is 0. The Morgan fingerprint density at radius 2 is 1.08 bits per heavy atom. The fraction of sp³-hybridized carbons (Fsp3) is 0.842. The van der Waals surface area contributed by atoms with Crippen LogP contribution in [0.5, 0.6) is 0 Å². The average molecular weight is 702 g/mol. The first-order valence-corrected chi connectivity index (χ1v) is 20.5. The molecule has 9 nitrogen and oxygen atoms in total. The predicted octanol–water partition coefficient (Wildman–Crippen LogP) is 9.38. The van der Waals surface area contributed by atoms with Gasteiger partial charge in [-0.2, -0.15) is 0 Å². The Balaban J connectivity index is 4.46. The first-order valence-electron chi connectivity index (χ1n) is 19.0. The van der Waals surface area contributed by atoms with E-state index in [2.05, 4.69) is 38.2 Å². The summed E-state index contributed by atoms with van der Waals surface area (Å²) < 4.78 is 33.7. The minimum absolute atomic E-state index is 0.0330. The standard InChI is InChI=1S/C38H72NO8P/c1-6-8-10-12-14-16-18-19-21-22-24-26-28-30-37(40)44-34-36(35-46-48(42,43)45-33-32-39(3,4)5)47-38(41)31-29-27-25-23-20-17-15-13-11-9-7-2/h13,15-16,18,36H,6-12,14,17,19-35H2,1-5H3/b15-13-,18-16-/t36-/m1/s1. The van der Waals surface area contributed by atoms with Crippen molar-refractivity contribution in [3.63, 3.8) is 0 Å². The molecular formula is C38H72NO8P. The Labute approximate surface area is 294 Å². The predicted molar refractivity (Wildman–Crippen MR) is 194 cm³/mol.